The lowest BCUT2D eigenvalue weighted by Gasteiger charge is -2.14. The maximum atomic E-state index is 12.7. The summed E-state index contributed by atoms with van der Waals surface area (Å²) < 4.78 is 96.8. The van der Waals surface area contributed by atoms with Gasteiger partial charge in [0.1, 0.15) is 0 Å². The highest BCUT2D eigenvalue weighted by atomic mass is 32.2. The zero-order valence-corrected chi connectivity index (χ0v) is 16.6. The molecule has 5 N–H and O–H groups in total. The second kappa shape index (κ2) is 10.3. The van der Waals surface area contributed by atoms with Gasteiger partial charge in [-0.1, -0.05) is 18.2 Å². The summed E-state index contributed by atoms with van der Waals surface area (Å²) in [5.74, 6) is 2.72. The molecule has 0 aliphatic carbocycles. The molecule has 0 heterocycles. The average molecular weight is 486 g/mol. The molecule has 0 atom stereocenters. The van der Waals surface area contributed by atoms with Crippen molar-refractivity contribution in [1.29, 1.82) is 5.41 Å². The van der Waals surface area contributed by atoms with Gasteiger partial charge in [0.05, 0.1) is 23.3 Å². The van der Waals surface area contributed by atoms with E-state index in [4.69, 9.17) is 21.2 Å². The summed E-state index contributed by atoms with van der Waals surface area (Å²) in [5, 5.41) is 15.2. The van der Waals surface area contributed by atoms with E-state index in [2.05, 4.69) is 4.72 Å². The minimum atomic E-state index is -5.08. The molecule has 0 amide bonds. The van der Waals surface area contributed by atoms with Gasteiger partial charge in [-0.15, -0.1) is 0 Å². The zero-order valence-electron chi connectivity index (χ0n) is 15.8. The highest BCUT2D eigenvalue weighted by Crippen LogP contribution is 2.31. The number of rotatable bonds is 6. The largest absolute Gasteiger partial charge is 0.490 e. The van der Waals surface area contributed by atoms with Crippen molar-refractivity contribution in [2.75, 3.05) is 4.72 Å². The summed E-state index contributed by atoms with van der Waals surface area (Å²) in [7, 11) is -4.19. The Labute approximate surface area is 177 Å². The zero-order chi connectivity index (χ0) is 24.7. The molecule has 0 unspecified atom stereocenters. The quantitative estimate of drug-likeness (QED) is 0.162. The number of sulfonamides is 1. The van der Waals surface area contributed by atoms with E-state index in [-0.39, 0.29) is 12.2 Å². The Balaban J connectivity index is 0.000000633. The third kappa shape index (κ3) is 8.43. The van der Waals surface area contributed by atoms with Gasteiger partial charge >= 0.3 is 18.3 Å². The summed E-state index contributed by atoms with van der Waals surface area (Å²) in [6.45, 7) is 0.169. The van der Waals surface area contributed by atoms with Gasteiger partial charge in [0.15, 0.2) is 0 Å². The molecule has 0 aromatic heterocycles. The minimum Gasteiger partial charge on any atom is -0.475 e. The number of nitrogens with two attached hydrogens (primary N) is 1. The number of hydrogen-bond donors (Lipinski definition) is 4. The first-order valence-corrected chi connectivity index (χ1v) is 9.65. The molecule has 176 valence electrons. The van der Waals surface area contributed by atoms with Gasteiger partial charge in [-0.05, 0) is 35.9 Å². The SMILES string of the molecule is N=CN(N)Cc1cccc(NS(=O)(=O)c2cccc(C(F)(F)F)c2)c1.O=C(O)C(F)(F)F. The van der Waals surface area contributed by atoms with Crippen molar-refractivity contribution in [1.82, 2.24) is 5.01 Å². The van der Waals surface area contributed by atoms with Gasteiger partial charge in [0.25, 0.3) is 10.0 Å². The van der Waals surface area contributed by atoms with Gasteiger partial charge in [0.2, 0.25) is 0 Å². The maximum Gasteiger partial charge on any atom is 0.490 e. The van der Waals surface area contributed by atoms with Crippen LogP contribution >= 0.6 is 0 Å². The normalized spacial score (nSPS) is 11.7. The summed E-state index contributed by atoms with van der Waals surface area (Å²) in [5.41, 5.74) is -0.252. The number of hydrazine groups is 1. The molecule has 15 heteroatoms. The van der Waals surface area contributed by atoms with Crippen LogP contribution < -0.4 is 10.6 Å². The number of hydrogen-bond acceptors (Lipinski definition) is 5. The Bertz CT molecular complexity index is 1060. The van der Waals surface area contributed by atoms with Gasteiger partial charge in [0, 0.05) is 5.69 Å². The van der Waals surface area contributed by atoms with Crippen LogP contribution in [-0.4, -0.2) is 37.0 Å². The van der Waals surface area contributed by atoms with E-state index < -0.39 is 38.8 Å². The monoisotopic (exact) mass is 486 g/mol. The van der Waals surface area contributed by atoms with Crippen LogP contribution in [0.2, 0.25) is 0 Å². The van der Waals surface area contributed by atoms with Crippen LogP contribution in [0, 0.1) is 5.41 Å². The maximum absolute atomic E-state index is 12.7. The molecular formula is C17H16F6N4O4S. The van der Waals surface area contributed by atoms with Crippen LogP contribution in [0.1, 0.15) is 11.1 Å². The number of halogens is 6. The molecule has 32 heavy (non-hydrogen) atoms. The highest BCUT2D eigenvalue weighted by molar-refractivity contribution is 7.92. The predicted molar refractivity (Wildman–Crippen MR) is 101 cm³/mol. The van der Waals surface area contributed by atoms with Gasteiger partial charge in [-0.3, -0.25) is 15.1 Å². The Hall–Kier alpha value is -3.33. The molecule has 8 nitrogen and oxygen atoms in total. The first-order valence-electron chi connectivity index (χ1n) is 8.17. The fourth-order valence-electron chi connectivity index (χ4n) is 2.04. The lowest BCUT2D eigenvalue weighted by Crippen LogP contribution is -2.28. The van der Waals surface area contributed by atoms with Crippen molar-refractivity contribution >= 4 is 28.0 Å². The number of anilines is 1. The molecule has 2 aromatic rings. The van der Waals surface area contributed by atoms with E-state index in [0.717, 1.165) is 29.5 Å². The number of carboxylic acids is 1. The molecule has 0 radical (unpaired) electrons. The number of benzene rings is 2. The summed E-state index contributed by atoms with van der Waals surface area (Å²) >= 11 is 0. The average Bonchev–Trinajstić information content (AvgIpc) is 2.67. The standard InChI is InChI=1S/C15H15F3N4O2S.C2HF3O2/c16-15(17,18)12-4-2-6-14(8-12)25(23,24)21-13-5-1-3-11(7-13)9-22(20)10-19;3-2(4,5)1(6)7/h1-8,10,19,21H,9,20H2;(H,6,7). The summed E-state index contributed by atoms with van der Waals surface area (Å²) in [6.07, 6.45) is -8.82. The lowest BCUT2D eigenvalue weighted by atomic mass is 10.2. The lowest BCUT2D eigenvalue weighted by molar-refractivity contribution is -0.192. The molecule has 2 rings (SSSR count). The Morgan fingerprint density at radius 2 is 1.66 bits per heavy atom. The molecular weight excluding hydrogens is 470 g/mol. The van der Waals surface area contributed by atoms with Crippen molar-refractivity contribution < 1.29 is 44.7 Å². The van der Waals surface area contributed by atoms with E-state index >= 15 is 0 Å². The molecule has 0 bridgehead atoms. The van der Waals surface area contributed by atoms with Gasteiger partial charge < -0.3 is 5.11 Å². The van der Waals surface area contributed by atoms with E-state index in [1.807, 2.05) is 0 Å². The predicted octanol–water partition coefficient (Wildman–Crippen LogP) is 3.42. The van der Waals surface area contributed by atoms with Crippen LogP contribution in [0.15, 0.2) is 53.4 Å². The Kier molecular flexibility index (Phi) is 8.61. The van der Waals surface area contributed by atoms with Crippen molar-refractivity contribution in [2.24, 2.45) is 5.84 Å². The number of aliphatic carboxylic acids is 1. The number of carbonyl (C=O) groups is 1. The second-order valence-corrected chi connectivity index (χ2v) is 7.62. The molecule has 0 saturated heterocycles. The molecule has 0 fully saturated rings. The van der Waals surface area contributed by atoms with Gasteiger partial charge in [-0.2, -0.15) is 26.3 Å². The third-order valence-corrected chi connectivity index (χ3v) is 4.80. The minimum absolute atomic E-state index is 0.169. The third-order valence-electron chi connectivity index (χ3n) is 3.42. The molecule has 0 aliphatic rings. The van der Waals surface area contributed by atoms with E-state index in [1.165, 1.54) is 12.1 Å². The van der Waals surface area contributed by atoms with Crippen molar-refractivity contribution in [3.05, 3.63) is 59.7 Å². The molecule has 0 saturated carbocycles. The Morgan fingerprint density at radius 3 is 2.16 bits per heavy atom. The Morgan fingerprint density at radius 1 is 1.09 bits per heavy atom. The van der Waals surface area contributed by atoms with E-state index in [9.17, 15) is 34.8 Å². The number of alkyl halides is 6. The number of nitrogens with zero attached hydrogens (tertiary/aromatic N) is 1. The first-order chi connectivity index (χ1) is 14.6. The molecule has 2 aromatic carbocycles. The van der Waals surface area contributed by atoms with Crippen LogP contribution in [0.3, 0.4) is 0 Å². The molecule has 0 spiro atoms. The molecule has 0 aliphatic heterocycles. The fourth-order valence-corrected chi connectivity index (χ4v) is 3.14. The second-order valence-electron chi connectivity index (χ2n) is 5.94. The summed E-state index contributed by atoms with van der Waals surface area (Å²) in [6, 6.07) is 9.66. The fraction of sp³-hybridized carbons (Fsp3) is 0.176. The van der Waals surface area contributed by atoms with Crippen LogP contribution in [0.5, 0.6) is 0 Å². The first kappa shape index (κ1) is 26.7. The van der Waals surface area contributed by atoms with E-state index in [0.29, 0.717) is 11.6 Å². The highest BCUT2D eigenvalue weighted by Gasteiger charge is 2.38. The van der Waals surface area contributed by atoms with E-state index in [1.54, 1.807) is 12.1 Å². The van der Waals surface area contributed by atoms with Gasteiger partial charge in [-0.25, -0.2) is 19.1 Å². The topological polar surface area (TPSA) is 137 Å². The van der Waals surface area contributed by atoms with Crippen LogP contribution in [0.4, 0.5) is 32.0 Å². The van der Waals surface area contributed by atoms with Crippen molar-refractivity contribution in [3.63, 3.8) is 0 Å². The van der Waals surface area contributed by atoms with Crippen LogP contribution in [0.25, 0.3) is 0 Å². The number of carboxylic acid groups (broad SMARTS) is 1. The number of nitrogens with one attached hydrogen (secondary N) is 2. The van der Waals surface area contributed by atoms with Crippen molar-refractivity contribution in [2.45, 2.75) is 23.8 Å². The van der Waals surface area contributed by atoms with Crippen molar-refractivity contribution in [3.8, 4) is 0 Å². The summed E-state index contributed by atoms with van der Waals surface area (Å²) in [4.78, 5) is 8.40. The smallest absolute Gasteiger partial charge is 0.475 e. The van der Waals surface area contributed by atoms with Crippen LogP contribution in [-0.2, 0) is 27.5 Å².